The highest BCUT2D eigenvalue weighted by Gasteiger charge is 2.20. The van der Waals surface area contributed by atoms with E-state index in [0.29, 0.717) is 0 Å². The molecule has 6 rings (SSSR count). The van der Waals surface area contributed by atoms with E-state index in [-0.39, 0.29) is 0 Å². The quantitative estimate of drug-likeness (QED) is 0.198. The van der Waals surface area contributed by atoms with Crippen LogP contribution in [0.2, 0.25) is 0 Å². The van der Waals surface area contributed by atoms with Gasteiger partial charge in [0.05, 0.1) is 54.4 Å². The Hall–Kier alpha value is -2.26. The van der Waals surface area contributed by atoms with Crippen molar-refractivity contribution in [1.82, 2.24) is 18.5 Å². The van der Waals surface area contributed by atoms with E-state index in [4.69, 9.17) is 9.97 Å². The molecule has 2 aliphatic heterocycles. The summed E-state index contributed by atoms with van der Waals surface area (Å²) in [5.41, 5.74) is 9.78. The van der Waals surface area contributed by atoms with Gasteiger partial charge in [0.1, 0.15) is 0 Å². The zero-order valence-electron chi connectivity index (χ0n) is 18.1. The van der Waals surface area contributed by atoms with Gasteiger partial charge in [0.2, 0.25) is 0 Å². The topological polar surface area (TPSA) is 46.5 Å². The Bertz CT molecular complexity index is 1710. The Morgan fingerprint density at radius 1 is 0.771 bits per heavy atom. The summed E-state index contributed by atoms with van der Waals surface area (Å²) in [4.78, 5) is 13.2. The van der Waals surface area contributed by atoms with E-state index < -0.39 is 0 Å². The number of H-pyrrole nitrogens is 1. The molecule has 1 aromatic carbocycles. The third-order valence-corrected chi connectivity index (χ3v) is 8.82. The zero-order chi connectivity index (χ0) is 24.1. The Morgan fingerprint density at radius 3 is 2.20 bits per heavy atom. The molecule has 2 aliphatic rings. The lowest BCUT2D eigenvalue weighted by atomic mass is 10.1. The van der Waals surface area contributed by atoms with Crippen LogP contribution in [0.25, 0.3) is 44.8 Å². The van der Waals surface area contributed by atoms with Crippen LogP contribution in [0.15, 0.2) is 69.6 Å². The number of hydrogen-bond donors (Lipinski definition) is 1. The summed E-state index contributed by atoms with van der Waals surface area (Å²) in [7, 11) is 0. The first-order valence-electron chi connectivity index (χ1n) is 10.8. The lowest BCUT2D eigenvalue weighted by Gasteiger charge is -2.01. The van der Waals surface area contributed by atoms with Crippen molar-refractivity contribution in [3.63, 3.8) is 0 Å². The lowest BCUT2D eigenvalue weighted by Crippen LogP contribution is -1.88. The fourth-order valence-corrected chi connectivity index (χ4v) is 7.84. The van der Waals surface area contributed by atoms with Crippen LogP contribution in [-0.2, 0) is 6.42 Å². The summed E-state index contributed by atoms with van der Waals surface area (Å²) >= 11 is 15.3. The SMILES string of the molecule is BrC1=Cc2cc3ccc(cc4nc(cc5c(Cc6ccccc6)c(Br)c(c(Br)c1n2)n5Br)C=C4)[nH]3. The summed E-state index contributed by atoms with van der Waals surface area (Å²) < 4.78 is 4.79. The van der Waals surface area contributed by atoms with Gasteiger partial charge in [-0.25, -0.2) is 9.97 Å². The molecule has 8 heteroatoms. The molecule has 0 atom stereocenters. The molecule has 0 aliphatic carbocycles. The molecule has 35 heavy (non-hydrogen) atoms. The average molecular weight is 716 g/mol. The van der Waals surface area contributed by atoms with Crippen LogP contribution in [0.1, 0.15) is 33.9 Å². The third kappa shape index (κ3) is 4.42. The molecule has 0 spiro atoms. The maximum Gasteiger partial charge on any atom is 0.0943 e. The van der Waals surface area contributed by atoms with E-state index in [1.807, 2.05) is 52.2 Å². The second kappa shape index (κ2) is 9.32. The number of rotatable bonds is 2. The molecule has 8 bridgehead atoms. The van der Waals surface area contributed by atoms with Crippen LogP contribution in [0.4, 0.5) is 0 Å². The minimum atomic E-state index is 0.762. The number of hydrogen-bond acceptors (Lipinski definition) is 2. The zero-order valence-corrected chi connectivity index (χ0v) is 24.4. The Labute approximate surface area is 235 Å². The first-order valence-corrected chi connectivity index (χ1v) is 13.9. The molecular weight excluding hydrogens is 700 g/mol. The minimum absolute atomic E-state index is 0.762. The molecule has 172 valence electrons. The van der Waals surface area contributed by atoms with Crippen LogP contribution >= 0.6 is 63.9 Å². The fraction of sp³-hybridized carbons (Fsp3) is 0.0370. The Balaban J connectivity index is 1.74. The molecule has 0 radical (unpaired) electrons. The number of fused-ring (bicyclic) bond motifs is 8. The van der Waals surface area contributed by atoms with Gasteiger partial charge in [-0.2, -0.15) is 0 Å². The van der Waals surface area contributed by atoms with Gasteiger partial charge >= 0.3 is 0 Å². The van der Waals surface area contributed by atoms with Crippen LogP contribution in [-0.4, -0.2) is 18.5 Å². The first-order chi connectivity index (χ1) is 17.0. The fourth-order valence-electron chi connectivity index (χ4n) is 4.24. The predicted molar refractivity (Wildman–Crippen MR) is 159 cm³/mol. The van der Waals surface area contributed by atoms with Gasteiger partial charge in [0, 0.05) is 26.4 Å². The molecule has 0 unspecified atom stereocenters. The Morgan fingerprint density at radius 2 is 1.46 bits per heavy atom. The average Bonchev–Trinajstić information content (AvgIpc) is 3.60. The van der Waals surface area contributed by atoms with E-state index >= 15 is 0 Å². The first kappa shape index (κ1) is 23.2. The summed E-state index contributed by atoms with van der Waals surface area (Å²) in [6.45, 7) is 0. The molecule has 0 saturated carbocycles. The minimum Gasteiger partial charge on any atom is -0.355 e. The number of nitrogens with one attached hydrogen (secondary N) is 1. The van der Waals surface area contributed by atoms with Gasteiger partial charge in [-0.05, 0) is 107 Å². The van der Waals surface area contributed by atoms with Crippen molar-refractivity contribution in [2.24, 2.45) is 0 Å². The van der Waals surface area contributed by atoms with Crippen LogP contribution in [0.3, 0.4) is 0 Å². The molecule has 1 N–H and O–H groups in total. The standard InChI is InChI=1S/C27H16Br4N4/c28-22-13-20-12-18-7-6-16(32-18)11-17-8-9-19(33-17)14-23-21(10-15-4-2-1-3-5-15)24(29)27(35(23)31)25(30)26(22)34-20/h1-9,11-14,32H,10H2. The molecular formula is C27H16Br4N4. The van der Waals surface area contributed by atoms with Gasteiger partial charge in [-0.3, -0.25) is 3.59 Å². The number of nitrogens with zero attached hydrogens (tertiary/aromatic N) is 3. The highest BCUT2D eigenvalue weighted by Crippen LogP contribution is 2.41. The van der Waals surface area contributed by atoms with E-state index in [9.17, 15) is 0 Å². The molecule has 0 fully saturated rings. The molecule has 4 aromatic rings. The van der Waals surface area contributed by atoms with Crippen LogP contribution in [0, 0.1) is 0 Å². The highest BCUT2D eigenvalue weighted by molar-refractivity contribution is 9.15. The number of aromatic amines is 1. The van der Waals surface area contributed by atoms with E-state index in [1.165, 1.54) is 5.56 Å². The summed E-state index contributed by atoms with van der Waals surface area (Å²) in [6, 6.07) is 20.7. The summed E-state index contributed by atoms with van der Waals surface area (Å²) in [5, 5.41) is 0. The van der Waals surface area contributed by atoms with Crippen molar-refractivity contribution >= 4 is 109 Å². The number of benzene rings is 1. The van der Waals surface area contributed by atoms with Crippen molar-refractivity contribution < 1.29 is 0 Å². The second-order valence-electron chi connectivity index (χ2n) is 8.26. The van der Waals surface area contributed by atoms with E-state index in [2.05, 4.69) is 99.3 Å². The van der Waals surface area contributed by atoms with E-state index in [1.54, 1.807) is 0 Å². The highest BCUT2D eigenvalue weighted by atomic mass is 79.9. The van der Waals surface area contributed by atoms with Gasteiger partial charge in [0.25, 0.3) is 0 Å². The van der Waals surface area contributed by atoms with Gasteiger partial charge in [-0.1, -0.05) is 30.3 Å². The summed E-state index contributed by atoms with van der Waals surface area (Å²) in [6.07, 6.45) is 6.86. The third-order valence-electron chi connectivity index (χ3n) is 5.88. The number of halogens is 4. The molecule has 0 amide bonds. The monoisotopic (exact) mass is 712 g/mol. The van der Waals surface area contributed by atoms with Crippen molar-refractivity contribution in [3.8, 4) is 0 Å². The van der Waals surface area contributed by atoms with Crippen molar-refractivity contribution in [2.45, 2.75) is 6.42 Å². The Kier molecular flexibility index (Phi) is 6.16. The molecule has 4 nitrogen and oxygen atoms in total. The molecule has 3 aromatic heterocycles. The van der Waals surface area contributed by atoms with Crippen molar-refractivity contribution in [3.05, 3.63) is 104 Å². The van der Waals surface area contributed by atoms with Gasteiger partial charge < -0.3 is 4.98 Å². The second-order valence-corrected chi connectivity index (χ2v) is 11.4. The van der Waals surface area contributed by atoms with Crippen LogP contribution in [0.5, 0.6) is 0 Å². The lowest BCUT2D eigenvalue weighted by molar-refractivity contribution is 1.21. The maximum atomic E-state index is 4.90. The van der Waals surface area contributed by atoms with Gasteiger partial charge in [0.15, 0.2) is 0 Å². The largest absolute Gasteiger partial charge is 0.355 e. The summed E-state index contributed by atoms with van der Waals surface area (Å²) in [5.74, 6) is 0. The molecule has 5 heterocycles. The normalized spacial score (nSPS) is 12.7. The van der Waals surface area contributed by atoms with Gasteiger partial charge in [-0.15, -0.1) is 0 Å². The van der Waals surface area contributed by atoms with E-state index in [0.717, 1.165) is 70.3 Å². The maximum absolute atomic E-state index is 4.90. The van der Waals surface area contributed by atoms with Crippen LogP contribution < -0.4 is 0 Å². The predicted octanol–water partition coefficient (Wildman–Crippen LogP) is 9.13. The molecule has 0 saturated heterocycles. The van der Waals surface area contributed by atoms with Crippen molar-refractivity contribution in [1.29, 1.82) is 0 Å². The van der Waals surface area contributed by atoms with Crippen molar-refractivity contribution in [2.75, 3.05) is 0 Å². The smallest absolute Gasteiger partial charge is 0.0943 e. The number of aromatic nitrogens is 4.